The van der Waals surface area contributed by atoms with Gasteiger partial charge in [0.05, 0.1) is 17.9 Å². The van der Waals surface area contributed by atoms with Gasteiger partial charge in [-0.25, -0.2) is 0 Å². The summed E-state index contributed by atoms with van der Waals surface area (Å²) >= 11 is 0. The number of hydrogen-bond acceptors (Lipinski definition) is 4. The van der Waals surface area contributed by atoms with E-state index in [2.05, 4.69) is 22.7 Å². The summed E-state index contributed by atoms with van der Waals surface area (Å²) in [5.74, 6) is -0.219. The Bertz CT molecular complexity index is 470. The average Bonchev–Trinajstić information content (AvgIpc) is 2.76. The van der Waals surface area contributed by atoms with Crippen LogP contribution in [-0.2, 0) is 16.1 Å². The van der Waals surface area contributed by atoms with Crippen LogP contribution in [0.15, 0.2) is 12.4 Å². The molecule has 1 aromatic rings. The third-order valence-corrected chi connectivity index (χ3v) is 3.27. The van der Waals surface area contributed by atoms with Gasteiger partial charge in [-0.3, -0.25) is 14.3 Å². The summed E-state index contributed by atoms with van der Waals surface area (Å²) in [6.07, 6.45) is 5.25. The average molecular weight is 265 g/mol. The SMILES string of the molecule is CC1CCCNC1C(=O)Nc1cnn(CC(N)=O)c1. The molecule has 0 aromatic carbocycles. The number of carbonyl (C=O) groups excluding carboxylic acids is 2. The molecular formula is C12H19N5O2. The smallest absolute Gasteiger partial charge is 0.241 e. The molecule has 0 spiro atoms. The Balaban J connectivity index is 1.94. The van der Waals surface area contributed by atoms with Crippen molar-refractivity contribution in [3.05, 3.63) is 12.4 Å². The van der Waals surface area contributed by atoms with E-state index in [4.69, 9.17) is 5.73 Å². The fourth-order valence-electron chi connectivity index (χ4n) is 2.29. The fraction of sp³-hybridized carbons (Fsp3) is 0.583. The third kappa shape index (κ3) is 3.54. The molecule has 2 unspecified atom stereocenters. The monoisotopic (exact) mass is 265 g/mol. The molecule has 2 atom stereocenters. The van der Waals surface area contributed by atoms with Crippen LogP contribution in [0.3, 0.4) is 0 Å². The van der Waals surface area contributed by atoms with Gasteiger partial charge in [-0.2, -0.15) is 5.10 Å². The van der Waals surface area contributed by atoms with Gasteiger partial charge in [-0.1, -0.05) is 6.92 Å². The molecule has 19 heavy (non-hydrogen) atoms. The highest BCUT2D eigenvalue weighted by molar-refractivity contribution is 5.94. The van der Waals surface area contributed by atoms with Crippen molar-refractivity contribution in [2.75, 3.05) is 11.9 Å². The van der Waals surface area contributed by atoms with E-state index in [0.29, 0.717) is 11.6 Å². The quantitative estimate of drug-likeness (QED) is 0.695. The van der Waals surface area contributed by atoms with Crippen molar-refractivity contribution >= 4 is 17.5 Å². The van der Waals surface area contributed by atoms with Crippen molar-refractivity contribution in [1.82, 2.24) is 15.1 Å². The normalized spacial score (nSPS) is 23.0. The van der Waals surface area contributed by atoms with Crippen molar-refractivity contribution < 1.29 is 9.59 Å². The topological polar surface area (TPSA) is 102 Å². The first kappa shape index (κ1) is 13.5. The predicted molar refractivity (Wildman–Crippen MR) is 70.2 cm³/mol. The molecule has 104 valence electrons. The minimum Gasteiger partial charge on any atom is -0.368 e. The maximum atomic E-state index is 12.1. The largest absolute Gasteiger partial charge is 0.368 e. The van der Waals surface area contributed by atoms with E-state index < -0.39 is 5.91 Å². The van der Waals surface area contributed by atoms with E-state index in [9.17, 15) is 9.59 Å². The number of nitrogens with zero attached hydrogens (tertiary/aromatic N) is 2. The molecule has 0 bridgehead atoms. The second-order valence-corrected chi connectivity index (χ2v) is 4.93. The first-order valence-corrected chi connectivity index (χ1v) is 6.41. The van der Waals surface area contributed by atoms with Crippen molar-refractivity contribution in [2.24, 2.45) is 11.7 Å². The summed E-state index contributed by atoms with van der Waals surface area (Å²) in [5.41, 5.74) is 5.65. The number of anilines is 1. The molecule has 7 nitrogen and oxygen atoms in total. The summed E-state index contributed by atoms with van der Waals surface area (Å²) in [6, 6.07) is -0.173. The lowest BCUT2D eigenvalue weighted by atomic mass is 9.92. The van der Waals surface area contributed by atoms with E-state index in [0.717, 1.165) is 19.4 Å². The third-order valence-electron chi connectivity index (χ3n) is 3.27. The number of carbonyl (C=O) groups is 2. The van der Waals surface area contributed by atoms with Gasteiger partial charge in [-0.15, -0.1) is 0 Å². The van der Waals surface area contributed by atoms with Gasteiger partial charge < -0.3 is 16.4 Å². The number of primary amides is 1. The lowest BCUT2D eigenvalue weighted by Crippen LogP contribution is -2.48. The number of hydrogen-bond donors (Lipinski definition) is 3. The Morgan fingerprint density at radius 1 is 1.63 bits per heavy atom. The van der Waals surface area contributed by atoms with Crippen LogP contribution in [0, 0.1) is 5.92 Å². The predicted octanol–water partition coefficient (Wildman–Crippen LogP) is -0.305. The van der Waals surface area contributed by atoms with E-state index >= 15 is 0 Å². The number of aromatic nitrogens is 2. The highest BCUT2D eigenvalue weighted by Crippen LogP contribution is 2.17. The van der Waals surface area contributed by atoms with Crippen LogP contribution in [0.2, 0.25) is 0 Å². The second-order valence-electron chi connectivity index (χ2n) is 4.93. The second kappa shape index (κ2) is 5.83. The van der Waals surface area contributed by atoms with Crippen LogP contribution in [0.1, 0.15) is 19.8 Å². The molecule has 0 radical (unpaired) electrons. The molecule has 7 heteroatoms. The molecular weight excluding hydrogens is 246 g/mol. The van der Waals surface area contributed by atoms with Gasteiger partial charge in [-0.05, 0) is 25.3 Å². The zero-order valence-corrected chi connectivity index (χ0v) is 10.9. The Morgan fingerprint density at radius 2 is 2.42 bits per heavy atom. The lowest BCUT2D eigenvalue weighted by Gasteiger charge is -2.28. The van der Waals surface area contributed by atoms with Crippen LogP contribution in [0.5, 0.6) is 0 Å². The summed E-state index contributed by atoms with van der Waals surface area (Å²) < 4.78 is 1.40. The van der Waals surface area contributed by atoms with Crippen molar-refractivity contribution in [2.45, 2.75) is 32.4 Å². The molecule has 1 fully saturated rings. The molecule has 1 aliphatic rings. The highest BCUT2D eigenvalue weighted by Gasteiger charge is 2.27. The van der Waals surface area contributed by atoms with Crippen molar-refractivity contribution in [3.63, 3.8) is 0 Å². The molecule has 0 aliphatic carbocycles. The van der Waals surface area contributed by atoms with Crippen molar-refractivity contribution in [1.29, 1.82) is 0 Å². The van der Waals surface area contributed by atoms with Gasteiger partial charge >= 0.3 is 0 Å². The van der Waals surface area contributed by atoms with Gasteiger partial charge in [0.1, 0.15) is 6.54 Å². The summed E-state index contributed by atoms with van der Waals surface area (Å²) in [6.45, 7) is 2.93. The zero-order chi connectivity index (χ0) is 13.8. The Hall–Kier alpha value is -1.89. The summed E-state index contributed by atoms with van der Waals surface area (Å²) in [7, 11) is 0. The van der Waals surface area contributed by atoms with Crippen LogP contribution in [0.4, 0.5) is 5.69 Å². The highest BCUT2D eigenvalue weighted by atomic mass is 16.2. The fourth-order valence-corrected chi connectivity index (χ4v) is 2.29. The summed E-state index contributed by atoms with van der Waals surface area (Å²) in [4.78, 5) is 22.9. The maximum Gasteiger partial charge on any atom is 0.241 e. The number of nitrogens with two attached hydrogens (primary N) is 1. The Kier molecular flexibility index (Phi) is 4.16. The first-order chi connectivity index (χ1) is 9.06. The molecule has 0 saturated carbocycles. The number of amides is 2. The van der Waals surface area contributed by atoms with Crippen LogP contribution >= 0.6 is 0 Å². The van der Waals surface area contributed by atoms with Gasteiger partial charge in [0.25, 0.3) is 0 Å². The number of piperidine rings is 1. The molecule has 1 aliphatic heterocycles. The van der Waals surface area contributed by atoms with E-state index in [1.54, 1.807) is 6.20 Å². The summed E-state index contributed by atoms with van der Waals surface area (Å²) in [5, 5.41) is 9.97. The molecule has 1 aromatic heterocycles. The molecule has 4 N–H and O–H groups in total. The minimum absolute atomic E-state index is 0.00789. The molecule has 2 heterocycles. The van der Waals surface area contributed by atoms with E-state index in [-0.39, 0.29) is 18.5 Å². The van der Waals surface area contributed by atoms with E-state index in [1.807, 2.05) is 0 Å². The molecule has 2 amide bonds. The van der Waals surface area contributed by atoms with Crippen LogP contribution in [0.25, 0.3) is 0 Å². The van der Waals surface area contributed by atoms with Crippen molar-refractivity contribution in [3.8, 4) is 0 Å². The molecule has 1 saturated heterocycles. The maximum absolute atomic E-state index is 12.1. The Morgan fingerprint density at radius 3 is 3.11 bits per heavy atom. The van der Waals surface area contributed by atoms with Gasteiger partial charge in [0.15, 0.2) is 0 Å². The first-order valence-electron chi connectivity index (χ1n) is 6.41. The van der Waals surface area contributed by atoms with Gasteiger partial charge in [0.2, 0.25) is 11.8 Å². The number of rotatable bonds is 4. The van der Waals surface area contributed by atoms with Gasteiger partial charge in [0, 0.05) is 6.20 Å². The lowest BCUT2D eigenvalue weighted by molar-refractivity contribution is -0.120. The standard InChI is InChI=1S/C12H19N5O2/c1-8-3-2-4-14-11(8)12(19)16-9-5-15-17(6-9)7-10(13)18/h5-6,8,11,14H,2-4,7H2,1H3,(H2,13,18)(H,16,19). The van der Waals surface area contributed by atoms with Crippen LogP contribution < -0.4 is 16.4 Å². The zero-order valence-electron chi connectivity index (χ0n) is 10.9. The van der Waals surface area contributed by atoms with Crippen LogP contribution in [-0.4, -0.2) is 34.2 Å². The Labute approximate surface area is 111 Å². The number of nitrogens with one attached hydrogen (secondary N) is 2. The molecule has 2 rings (SSSR count). The minimum atomic E-state index is -0.469. The van der Waals surface area contributed by atoms with E-state index in [1.165, 1.54) is 10.9 Å².